The Kier molecular flexibility index (Phi) is 2.01. The lowest BCUT2D eigenvalue weighted by atomic mass is 10.3. The number of aliphatic hydroxyl groups is 1. The zero-order chi connectivity index (χ0) is 11.1. The van der Waals surface area contributed by atoms with Crippen molar-refractivity contribution in [1.82, 2.24) is 19.7 Å². The summed E-state index contributed by atoms with van der Waals surface area (Å²) in [6, 6.07) is 0. The summed E-state index contributed by atoms with van der Waals surface area (Å²) < 4.78 is 6.95. The molecule has 3 heterocycles. The molecule has 2 atom stereocenters. The van der Waals surface area contributed by atoms with Crippen LogP contribution in [0.2, 0.25) is 0 Å². The number of nitrogens with zero attached hydrogens (tertiary/aromatic N) is 4. The van der Waals surface area contributed by atoms with Crippen molar-refractivity contribution in [3.8, 4) is 0 Å². The molecule has 84 valence electrons. The lowest BCUT2D eigenvalue weighted by molar-refractivity contribution is -0.0142. The highest BCUT2D eigenvalue weighted by Crippen LogP contribution is 2.27. The minimum absolute atomic E-state index is 0.378. The molecule has 0 radical (unpaired) electrons. The van der Waals surface area contributed by atoms with Gasteiger partial charge >= 0.3 is 0 Å². The van der Waals surface area contributed by atoms with E-state index < -0.39 is 12.3 Å². The maximum atomic E-state index is 9.73. The quantitative estimate of drug-likeness (QED) is 0.685. The molecule has 0 amide bonds. The smallest absolute Gasteiger partial charge is 0.178 e. The first kappa shape index (κ1) is 9.49. The molecule has 0 saturated carbocycles. The van der Waals surface area contributed by atoms with Gasteiger partial charge in [0.25, 0.3) is 0 Å². The van der Waals surface area contributed by atoms with Crippen LogP contribution in [0.1, 0.15) is 12.6 Å². The SMILES string of the molecule is Nc1ncnc2c1cnn2C1OCCC1O. The summed E-state index contributed by atoms with van der Waals surface area (Å²) >= 11 is 0. The molecule has 0 bridgehead atoms. The fourth-order valence-corrected chi connectivity index (χ4v) is 1.86. The Bertz CT molecular complexity index is 526. The van der Waals surface area contributed by atoms with Gasteiger partial charge in [0, 0.05) is 6.42 Å². The number of aliphatic hydroxyl groups excluding tert-OH is 1. The average molecular weight is 221 g/mol. The van der Waals surface area contributed by atoms with Crippen LogP contribution in [-0.2, 0) is 4.74 Å². The van der Waals surface area contributed by atoms with E-state index in [4.69, 9.17) is 10.5 Å². The van der Waals surface area contributed by atoms with Crippen LogP contribution in [0.5, 0.6) is 0 Å². The highest BCUT2D eigenvalue weighted by molar-refractivity contribution is 5.84. The minimum atomic E-state index is -0.556. The molecule has 2 aromatic rings. The average Bonchev–Trinajstić information content (AvgIpc) is 2.84. The maximum absolute atomic E-state index is 9.73. The van der Waals surface area contributed by atoms with Crippen LogP contribution >= 0.6 is 0 Å². The van der Waals surface area contributed by atoms with Gasteiger partial charge in [-0.25, -0.2) is 14.6 Å². The molecule has 1 saturated heterocycles. The van der Waals surface area contributed by atoms with Crippen molar-refractivity contribution in [2.75, 3.05) is 12.3 Å². The molecular formula is C9H11N5O2. The van der Waals surface area contributed by atoms with Crippen LogP contribution in [-0.4, -0.2) is 37.6 Å². The van der Waals surface area contributed by atoms with E-state index in [-0.39, 0.29) is 0 Å². The number of hydrogen-bond donors (Lipinski definition) is 2. The van der Waals surface area contributed by atoms with Gasteiger partial charge in [0.05, 0.1) is 18.2 Å². The first-order valence-electron chi connectivity index (χ1n) is 5.01. The molecule has 1 aliphatic rings. The molecule has 0 aliphatic carbocycles. The number of ether oxygens (including phenoxy) is 1. The number of nitrogens with two attached hydrogens (primary N) is 1. The first-order valence-corrected chi connectivity index (χ1v) is 5.01. The Labute approximate surface area is 90.9 Å². The summed E-state index contributed by atoms with van der Waals surface area (Å²) in [6.07, 6.45) is 2.52. The van der Waals surface area contributed by atoms with Crippen molar-refractivity contribution < 1.29 is 9.84 Å². The van der Waals surface area contributed by atoms with Gasteiger partial charge in [-0.1, -0.05) is 0 Å². The maximum Gasteiger partial charge on any atom is 0.178 e. The van der Waals surface area contributed by atoms with Crippen molar-refractivity contribution >= 4 is 16.9 Å². The summed E-state index contributed by atoms with van der Waals surface area (Å²) in [4.78, 5) is 7.98. The molecule has 0 aromatic carbocycles. The summed E-state index contributed by atoms with van der Waals surface area (Å²) in [7, 11) is 0. The Hall–Kier alpha value is -1.73. The second kappa shape index (κ2) is 3.39. The second-order valence-corrected chi connectivity index (χ2v) is 3.70. The molecule has 3 rings (SSSR count). The largest absolute Gasteiger partial charge is 0.388 e. The van der Waals surface area contributed by atoms with Crippen LogP contribution in [0.4, 0.5) is 5.82 Å². The Morgan fingerprint density at radius 1 is 1.50 bits per heavy atom. The van der Waals surface area contributed by atoms with Gasteiger partial charge in [-0.3, -0.25) is 0 Å². The molecular weight excluding hydrogens is 210 g/mol. The van der Waals surface area contributed by atoms with E-state index in [9.17, 15) is 5.11 Å². The van der Waals surface area contributed by atoms with E-state index in [1.54, 1.807) is 10.9 Å². The fraction of sp³-hybridized carbons (Fsp3) is 0.444. The fourth-order valence-electron chi connectivity index (χ4n) is 1.86. The lowest BCUT2D eigenvalue weighted by Gasteiger charge is -2.14. The number of hydrogen-bond acceptors (Lipinski definition) is 6. The normalized spacial score (nSPS) is 25.3. The highest BCUT2D eigenvalue weighted by atomic mass is 16.5. The summed E-state index contributed by atoms with van der Waals surface area (Å²) in [6.45, 7) is 0.522. The summed E-state index contributed by atoms with van der Waals surface area (Å²) in [5.74, 6) is 0.378. The predicted molar refractivity (Wildman–Crippen MR) is 55.3 cm³/mol. The monoisotopic (exact) mass is 221 g/mol. The van der Waals surface area contributed by atoms with Crippen LogP contribution in [0.3, 0.4) is 0 Å². The van der Waals surface area contributed by atoms with Gasteiger partial charge in [0.2, 0.25) is 0 Å². The van der Waals surface area contributed by atoms with Crippen LogP contribution in [0.25, 0.3) is 11.0 Å². The third kappa shape index (κ3) is 1.25. The Morgan fingerprint density at radius 3 is 3.12 bits per heavy atom. The number of aromatic nitrogens is 4. The van der Waals surface area contributed by atoms with Crippen LogP contribution in [0.15, 0.2) is 12.5 Å². The second-order valence-electron chi connectivity index (χ2n) is 3.70. The van der Waals surface area contributed by atoms with Crippen molar-refractivity contribution in [3.05, 3.63) is 12.5 Å². The third-order valence-corrected chi connectivity index (χ3v) is 2.69. The van der Waals surface area contributed by atoms with E-state index in [2.05, 4.69) is 15.1 Å². The summed E-state index contributed by atoms with van der Waals surface area (Å²) in [5, 5.41) is 14.5. The van der Waals surface area contributed by atoms with Crippen LogP contribution in [0, 0.1) is 0 Å². The van der Waals surface area contributed by atoms with Crippen molar-refractivity contribution in [1.29, 1.82) is 0 Å². The molecule has 3 N–H and O–H groups in total. The van der Waals surface area contributed by atoms with Crippen LogP contribution < -0.4 is 5.73 Å². The van der Waals surface area contributed by atoms with Gasteiger partial charge < -0.3 is 15.6 Å². The van der Waals surface area contributed by atoms with Gasteiger partial charge in [0.15, 0.2) is 11.9 Å². The van der Waals surface area contributed by atoms with Gasteiger partial charge in [0.1, 0.15) is 18.2 Å². The highest BCUT2D eigenvalue weighted by Gasteiger charge is 2.30. The zero-order valence-electron chi connectivity index (χ0n) is 8.45. The number of fused-ring (bicyclic) bond motifs is 1. The Balaban J connectivity index is 2.14. The lowest BCUT2D eigenvalue weighted by Crippen LogP contribution is -2.20. The van der Waals surface area contributed by atoms with Gasteiger partial charge in [-0.05, 0) is 0 Å². The minimum Gasteiger partial charge on any atom is -0.388 e. The first-order chi connectivity index (χ1) is 7.77. The molecule has 2 unspecified atom stereocenters. The topological polar surface area (TPSA) is 99.1 Å². The van der Waals surface area contributed by atoms with Crippen molar-refractivity contribution in [3.63, 3.8) is 0 Å². The number of anilines is 1. The van der Waals surface area contributed by atoms with Crippen molar-refractivity contribution in [2.45, 2.75) is 18.8 Å². The van der Waals surface area contributed by atoms with Gasteiger partial charge in [-0.2, -0.15) is 5.10 Å². The predicted octanol–water partition coefficient (Wildman–Crippen LogP) is -0.312. The standard InChI is InChI=1S/C9H11N5O2/c10-7-5-3-13-14(8(5)12-4-11-7)9-6(15)1-2-16-9/h3-4,6,9,15H,1-2H2,(H2,10,11,12). The molecule has 1 aliphatic heterocycles. The molecule has 7 nitrogen and oxygen atoms in total. The number of nitrogen functional groups attached to an aromatic ring is 1. The van der Waals surface area contributed by atoms with E-state index >= 15 is 0 Å². The van der Waals surface area contributed by atoms with E-state index in [1.807, 2.05) is 0 Å². The molecule has 7 heteroatoms. The molecule has 16 heavy (non-hydrogen) atoms. The molecule has 2 aromatic heterocycles. The number of rotatable bonds is 1. The zero-order valence-corrected chi connectivity index (χ0v) is 8.45. The molecule has 0 spiro atoms. The Morgan fingerprint density at radius 2 is 2.38 bits per heavy atom. The van der Waals surface area contributed by atoms with E-state index in [1.165, 1.54) is 6.33 Å². The van der Waals surface area contributed by atoms with Gasteiger partial charge in [-0.15, -0.1) is 0 Å². The summed E-state index contributed by atoms with van der Waals surface area (Å²) in [5.41, 5.74) is 6.28. The van der Waals surface area contributed by atoms with Crippen molar-refractivity contribution in [2.24, 2.45) is 0 Å². The van der Waals surface area contributed by atoms with E-state index in [0.717, 1.165) is 0 Å². The van der Waals surface area contributed by atoms with E-state index in [0.29, 0.717) is 29.9 Å². The molecule has 1 fully saturated rings. The third-order valence-electron chi connectivity index (χ3n) is 2.69.